The highest BCUT2D eigenvalue weighted by Gasteiger charge is 2.23. The molecule has 3 heterocycles. The van der Waals surface area contributed by atoms with Gasteiger partial charge in [0.15, 0.2) is 0 Å². The summed E-state index contributed by atoms with van der Waals surface area (Å²) in [5, 5.41) is 2.86. The van der Waals surface area contributed by atoms with Gasteiger partial charge in [-0.3, -0.25) is 9.78 Å². The zero-order valence-corrected chi connectivity index (χ0v) is 14.2. The number of carbonyl (C=O) groups is 1. The Morgan fingerprint density at radius 3 is 2.62 bits per heavy atom. The van der Waals surface area contributed by atoms with Crippen molar-refractivity contribution in [3.8, 4) is 0 Å². The number of aryl methyl sites for hydroxylation is 1. The third kappa shape index (κ3) is 3.32. The highest BCUT2D eigenvalue weighted by molar-refractivity contribution is 5.98. The molecule has 2 aromatic rings. The van der Waals surface area contributed by atoms with Crippen LogP contribution in [0.2, 0.25) is 0 Å². The molecule has 0 radical (unpaired) electrons. The van der Waals surface area contributed by atoms with Crippen molar-refractivity contribution in [2.75, 3.05) is 42.5 Å². The molecule has 1 amide bonds. The second kappa shape index (κ2) is 7.29. The monoisotopic (exact) mass is 325 g/mol. The molecular formula is C18H23N5O. The first-order valence-electron chi connectivity index (χ1n) is 8.34. The lowest BCUT2D eigenvalue weighted by Crippen LogP contribution is -2.47. The lowest BCUT2D eigenvalue weighted by Gasteiger charge is -2.37. The van der Waals surface area contributed by atoms with E-state index >= 15 is 0 Å². The molecule has 0 spiro atoms. The van der Waals surface area contributed by atoms with Crippen LogP contribution in [-0.4, -0.2) is 48.6 Å². The number of hydrogen-bond acceptors (Lipinski definition) is 5. The number of aromatic nitrogens is 2. The molecule has 1 aliphatic heterocycles. The fourth-order valence-corrected chi connectivity index (χ4v) is 3.06. The number of anilines is 2. The summed E-state index contributed by atoms with van der Waals surface area (Å²) < 4.78 is 0. The van der Waals surface area contributed by atoms with Gasteiger partial charge in [0.1, 0.15) is 5.82 Å². The van der Waals surface area contributed by atoms with E-state index in [1.165, 1.54) is 11.3 Å². The summed E-state index contributed by atoms with van der Waals surface area (Å²) in [7, 11) is 0. The van der Waals surface area contributed by atoms with Crippen LogP contribution in [0.3, 0.4) is 0 Å². The van der Waals surface area contributed by atoms with Crippen LogP contribution in [0.4, 0.5) is 11.5 Å². The Bertz CT molecular complexity index is 710. The van der Waals surface area contributed by atoms with Crippen LogP contribution in [0, 0.1) is 6.92 Å². The molecule has 0 bridgehead atoms. The number of pyridine rings is 2. The van der Waals surface area contributed by atoms with E-state index < -0.39 is 0 Å². The molecule has 6 nitrogen and oxygen atoms in total. The fourth-order valence-electron chi connectivity index (χ4n) is 3.06. The number of piperazine rings is 1. The summed E-state index contributed by atoms with van der Waals surface area (Å²) in [6.07, 6.45) is 5.48. The molecule has 1 N–H and O–H groups in total. The van der Waals surface area contributed by atoms with E-state index in [-0.39, 0.29) is 5.91 Å². The minimum Gasteiger partial charge on any atom is -0.368 e. The van der Waals surface area contributed by atoms with E-state index in [2.05, 4.69) is 38.1 Å². The summed E-state index contributed by atoms with van der Waals surface area (Å²) in [6, 6.07) is 5.71. The number of rotatable bonds is 4. The first-order valence-corrected chi connectivity index (χ1v) is 8.34. The summed E-state index contributed by atoms with van der Waals surface area (Å²) >= 11 is 0. The molecule has 6 heteroatoms. The van der Waals surface area contributed by atoms with Gasteiger partial charge in [-0.2, -0.15) is 0 Å². The minimum atomic E-state index is -0.0620. The van der Waals surface area contributed by atoms with Gasteiger partial charge >= 0.3 is 0 Å². The first-order chi connectivity index (χ1) is 11.7. The first kappa shape index (κ1) is 16.2. The second-order valence-corrected chi connectivity index (χ2v) is 5.87. The van der Waals surface area contributed by atoms with Gasteiger partial charge in [-0.1, -0.05) is 0 Å². The van der Waals surface area contributed by atoms with E-state index in [0.29, 0.717) is 12.1 Å². The van der Waals surface area contributed by atoms with Crippen molar-refractivity contribution in [2.24, 2.45) is 0 Å². The molecule has 2 aromatic heterocycles. The van der Waals surface area contributed by atoms with Crippen molar-refractivity contribution in [1.29, 1.82) is 0 Å². The van der Waals surface area contributed by atoms with Gasteiger partial charge in [-0.05, 0) is 37.6 Å². The Labute approximate surface area is 142 Å². The van der Waals surface area contributed by atoms with E-state index in [1.807, 2.05) is 31.5 Å². The molecule has 1 aliphatic rings. The van der Waals surface area contributed by atoms with Crippen LogP contribution < -0.4 is 15.1 Å². The Balaban J connectivity index is 1.74. The average molecular weight is 325 g/mol. The molecule has 0 aliphatic carbocycles. The molecule has 126 valence electrons. The van der Waals surface area contributed by atoms with Crippen LogP contribution in [0.25, 0.3) is 0 Å². The zero-order valence-electron chi connectivity index (χ0n) is 14.2. The molecular weight excluding hydrogens is 302 g/mol. The predicted molar refractivity (Wildman–Crippen MR) is 95.6 cm³/mol. The summed E-state index contributed by atoms with van der Waals surface area (Å²) in [5.74, 6) is 0.711. The quantitative estimate of drug-likeness (QED) is 0.930. The second-order valence-electron chi connectivity index (χ2n) is 5.87. The largest absolute Gasteiger partial charge is 0.368 e. The number of amides is 1. The maximum absolute atomic E-state index is 12.2. The van der Waals surface area contributed by atoms with Crippen molar-refractivity contribution < 1.29 is 4.79 Å². The Kier molecular flexibility index (Phi) is 4.93. The molecule has 1 saturated heterocycles. The summed E-state index contributed by atoms with van der Waals surface area (Å²) in [4.78, 5) is 25.4. The van der Waals surface area contributed by atoms with Gasteiger partial charge in [-0.15, -0.1) is 0 Å². The van der Waals surface area contributed by atoms with Gasteiger partial charge < -0.3 is 15.1 Å². The van der Waals surface area contributed by atoms with E-state index in [1.54, 1.807) is 6.20 Å². The number of nitrogens with one attached hydrogen (secondary N) is 1. The van der Waals surface area contributed by atoms with E-state index in [4.69, 9.17) is 0 Å². The third-order valence-corrected chi connectivity index (χ3v) is 4.28. The van der Waals surface area contributed by atoms with Gasteiger partial charge in [0.25, 0.3) is 5.91 Å². The Morgan fingerprint density at radius 1 is 1.17 bits per heavy atom. The lowest BCUT2D eigenvalue weighted by atomic mass is 10.1. The topological polar surface area (TPSA) is 61.4 Å². The van der Waals surface area contributed by atoms with Gasteiger partial charge in [0.2, 0.25) is 0 Å². The van der Waals surface area contributed by atoms with Gasteiger partial charge in [0.05, 0.1) is 5.56 Å². The summed E-state index contributed by atoms with van der Waals surface area (Å²) in [5.41, 5.74) is 3.06. The number of carbonyl (C=O) groups excluding carboxylic acids is 1. The van der Waals surface area contributed by atoms with Crippen molar-refractivity contribution in [3.63, 3.8) is 0 Å². The molecule has 0 aromatic carbocycles. The van der Waals surface area contributed by atoms with Crippen LogP contribution in [0.5, 0.6) is 0 Å². The van der Waals surface area contributed by atoms with Gasteiger partial charge in [-0.25, -0.2) is 4.98 Å². The Hall–Kier alpha value is -2.63. The van der Waals surface area contributed by atoms with Crippen LogP contribution in [-0.2, 0) is 0 Å². The molecule has 3 rings (SSSR count). The van der Waals surface area contributed by atoms with Crippen molar-refractivity contribution in [3.05, 3.63) is 47.9 Å². The van der Waals surface area contributed by atoms with Crippen LogP contribution in [0.15, 0.2) is 36.8 Å². The summed E-state index contributed by atoms with van der Waals surface area (Å²) in [6.45, 7) is 8.09. The van der Waals surface area contributed by atoms with Crippen molar-refractivity contribution >= 4 is 17.4 Å². The standard InChI is InChI=1S/C18H23N5O/c1-3-20-18(24)15-5-4-7-21-17(15)23-11-9-22(10-12-23)16-6-8-19-13-14(16)2/h4-8,13H,3,9-12H2,1-2H3,(H,20,24). The highest BCUT2D eigenvalue weighted by atomic mass is 16.1. The predicted octanol–water partition coefficient (Wildman–Crippen LogP) is 1.86. The van der Waals surface area contributed by atoms with E-state index in [9.17, 15) is 4.79 Å². The Morgan fingerprint density at radius 2 is 1.92 bits per heavy atom. The molecule has 0 atom stereocenters. The average Bonchev–Trinajstić information content (AvgIpc) is 2.62. The smallest absolute Gasteiger partial charge is 0.255 e. The third-order valence-electron chi connectivity index (χ3n) is 4.28. The minimum absolute atomic E-state index is 0.0620. The molecule has 0 saturated carbocycles. The number of nitrogens with zero attached hydrogens (tertiary/aromatic N) is 4. The lowest BCUT2D eigenvalue weighted by molar-refractivity contribution is 0.0956. The van der Waals surface area contributed by atoms with Crippen LogP contribution >= 0.6 is 0 Å². The molecule has 0 unspecified atom stereocenters. The van der Waals surface area contributed by atoms with Crippen molar-refractivity contribution in [1.82, 2.24) is 15.3 Å². The van der Waals surface area contributed by atoms with Gasteiger partial charge in [0, 0.05) is 57.0 Å². The van der Waals surface area contributed by atoms with Crippen LogP contribution in [0.1, 0.15) is 22.8 Å². The highest BCUT2D eigenvalue weighted by Crippen LogP contribution is 2.23. The number of hydrogen-bond donors (Lipinski definition) is 1. The fraction of sp³-hybridized carbons (Fsp3) is 0.389. The molecule has 1 fully saturated rings. The normalized spacial score (nSPS) is 14.6. The van der Waals surface area contributed by atoms with E-state index in [0.717, 1.165) is 32.0 Å². The SMILES string of the molecule is CCNC(=O)c1cccnc1N1CCN(c2ccncc2C)CC1. The maximum Gasteiger partial charge on any atom is 0.255 e. The van der Waals surface area contributed by atoms with Crippen molar-refractivity contribution in [2.45, 2.75) is 13.8 Å². The zero-order chi connectivity index (χ0) is 16.9. The maximum atomic E-state index is 12.2. The molecule has 24 heavy (non-hydrogen) atoms.